The molecule has 0 fully saturated rings. The van der Waals surface area contributed by atoms with Crippen molar-refractivity contribution in [2.75, 3.05) is 6.54 Å². The standard InChI is InChI=1S/C14H13F3N2O2/c1-9-7-12(21-19-9)5-6-18-13(20)10-3-2-4-11(8-10)14(15,16)17/h2-4,7-8H,5-6H2,1H3,(H,18,20). The van der Waals surface area contributed by atoms with E-state index in [9.17, 15) is 18.0 Å². The summed E-state index contributed by atoms with van der Waals surface area (Å²) in [7, 11) is 0. The van der Waals surface area contributed by atoms with Crippen LogP contribution in [-0.2, 0) is 12.6 Å². The fourth-order valence-electron chi connectivity index (χ4n) is 1.77. The fourth-order valence-corrected chi connectivity index (χ4v) is 1.77. The average Bonchev–Trinajstić information content (AvgIpc) is 2.83. The molecule has 2 aromatic rings. The van der Waals surface area contributed by atoms with E-state index in [4.69, 9.17) is 4.52 Å². The van der Waals surface area contributed by atoms with Gasteiger partial charge in [0, 0.05) is 24.6 Å². The van der Waals surface area contributed by atoms with Crippen molar-refractivity contribution < 1.29 is 22.5 Å². The lowest BCUT2D eigenvalue weighted by molar-refractivity contribution is -0.137. The van der Waals surface area contributed by atoms with E-state index >= 15 is 0 Å². The van der Waals surface area contributed by atoms with Crippen LogP contribution >= 0.6 is 0 Å². The quantitative estimate of drug-likeness (QED) is 0.944. The summed E-state index contributed by atoms with van der Waals surface area (Å²) in [6.45, 7) is 2.03. The summed E-state index contributed by atoms with van der Waals surface area (Å²) in [6.07, 6.45) is -4.04. The van der Waals surface area contributed by atoms with Crippen molar-refractivity contribution in [2.45, 2.75) is 19.5 Å². The number of hydrogen-bond acceptors (Lipinski definition) is 3. The van der Waals surface area contributed by atoms with Gasteiger partial charge in [0.2, 0.25) is 0 Å². The number of alkyl halides is 3. The van der Waals surface area contributed by atoms with Crippen molar-refractivity contribution in [3.8, 4) is 0 Å². The first-order chi connectivity index (χ1) is 9.86. The van der Waals surface area contributed by atoms with Gasteiger partial charge < -0.3 is 9.84 Å². The minimum Gasteiger partial charge on any atom is -0.361 e. The predicted octanol–water partition coefficient (Wildman–Crippen LogP) is 2.97. The molecule has 0 aliphatic heterocycles. The van der Waals surface area contributed by atoms with Gasteiger partial charge in [-0.1, -0.05) is 11.2 Å². The van der Waals surface area contributed by atoms with E-state index in [0.29, 0.717) is 12.2 Å². The molecule has 112 valence electrons. The number of nitrogens with one attached hydrogen (secondary N) is 1. The zero-order chi connectivity index (χ0) is 15.5. The number of aromatic nitrogens is 1. The molecule has 2 rings (SSSR count). The van der Waals surface area contributed by atoms with Gasteiger partial charge in [-0.15, -0.1) is 0 Å². The summed E-state index contributed by atoms with van der Waals surface area (Å²) in [5.41, 5.74) is -0.145. The Morgan fingerprint density at radius 2 is 2.10 bits per heavy atom. The largest absolute Gasteiger partial charge is 0.416 e. The summed E-state index contributed by atoms with van der Waals surface area (Å²) in [5.74, 6) is 0.0502. The topological polar surface area (TPSA) is 55.1 Å². The maximum Gasteiger partial charge on any atom is 0.416 e. The lowest BCUT2D eigenvalue weighted by Crippen LogP contribution is -2.26. The van der Waals surface area contributed by atoms with Crippen LogP contribution in [0.15, 0.2) is 34.9 Å². The molecule has 0 radical (unpaired) electrons. The number of carbonyl (C=O) groups excluding carboxylic acids is 1. The van der Waals surface area contributed by atoms with E-state index in [1.807, 2.05) is 0 Å². The number of rotatable bonds is 4. The Morgan fingerprint density at radius 1 is 1.33 bits per heavy atom. The lowest BCUT2D eigenvalue weighted by atomic mass is 10.1. The van der Waals surface area contributed by atoms with E-state index in [1.165, 1.54) is 12.1 Å². The van der Waals surface area contributed by atoms with E-state index in [2.05, 4.69) is 10.5 Å². The monoisotopic (exact) mass is 298 g/mol. The number of aryl methyl sites for hydroxylation is 1. The van der Waals surface area contributed by atoms with E-state index in [0.717, 1.165) is 17.8 Å². The summed E-state index contributed by atoms with van der Waals surface area (Å²) in [5, 5.41) is 6.24. The second-order valence-corrected chi connectivity index (χ2v) is 4.52. The first-order valence-electron chi connectivity index (χ1n) is 6.24. The molecule has 1 aromatic carbocycles. The molecule has 0 aliphatic rings. The lowest BCUT2D eigenvalue weighted by Gasteiger charge is -2.08. The van der Waals surface area contributed by atoms with Crippen molar-refractivity contribution in [1.29, 1.82) is 0 Å². The third-order valence-electron chi connectivity index (χ3n) is 2.79. The number of benzene rings is 1. The van der Waals surface area contributed by atoms with Gasteiger partial charge in [-0.05, 0) is 25.1 Å². The van der Waals surface area contributed by atoms with Crippen LogP contribution in [0.1, 0.15) is 27.4 Å². The summed E-state index contributed by atoms with van der Waals surface area (Å²) < 4.78 is 42.6. The van der Waals surface area contributed by atoms with Crippen LogP contribution in [0.5, 0.6) is 0 Å². The molecule has 0 saturated carbocycles. The Bertz CT molecular complexity index is 635. The minimum atomic E-state index is -4.46. The molecule has 4 nitrogen and oxygen atoms in total. The fraction of sp³-hybridized carbons (Fsp3) is 0.286. The highest BCUT2D eigenvalue weighted by Crippen LogP contribution is 2.29. The Hall–Kier alpha value is -2.31. The molecule has 1 aromatic heterocycles. The Kier molecular flexibility index (Phi) is 4.30. The van der Waals surface area contributed by atoms with Gasteiger partial charge in [-0.3, -0.25) is 4.79 Å². The van der Waals surface area contributed by atoms with Crippen molar-refractivity contribution in [1.82, 2.24) is 10.5 Å². The van der Waals surface area contributed by atoms with Crippen molar-refractivity contribution >= 4 is 5.91 Å². The maximum absolute atomic E-state index is 12.6. The van der Waals surface area contributed by atoms with Crippen molar-refractivity contribution in [3.05, 3.63) is 52.9 Å². The van der Waals surface area contributed by atoms with Crippen molar-refractivity contribution in [3.63, 3.8) is 0 Å². The number of halogens is 3. The normalized spacial score (nSPS) is 11.4. The smallest absolute Gasteiger partial charge is 0.361 e. The molecule has 21 heavy (non-hydrogen) atoms. The van der Waals surface area contributed by atoms with Gasteiger partial charge in [0.1, 0.15) is 5.76 Å². The molecule has 1 N–H and O–H groups in total. The molecule has 1 heterocycles. The third-order valence-corrected chi connectivity index (χ3v) is 2.79. The van der Waals surface area contributed by atoms with Gasteiger partial charge in [0.05, 0.1) is 11.3 Å². The van der Waals surface area contributed by atoms with Crippen LogP contribution in [0.2, 0.25) is 0 Å². The van der Waals surface area contributed by atoms with Gasteiger partial charge in [-0.25, -0.2) is 0 Å². The summed E-state index contributed by atoms with van der Waals surface area (Å²) >= 11 is 0. The molecule has 0 aliphatic carbocycles. The molecule has 0 unspecified atom stereocenters. The zero-order valence-corrected chi connectivity index (χ0v) is 11.2. The van der Waals surface area contributed by atoms with Gasteiger partial charge in [-0.2, -0.15) is 13.2 Å². The van der Waals surface area contributed by atoms with E-state index < -0.39 is 17.6 Å². The minimum absolute atomic E-state index is 0.0291. The molecule has 0 spiro atoms. The van der Waals surface area contributed by atoms with Gasteiger partial charge in [0.25, 0.3) is 5.91 Å². The van der Waals surface area contributed by atoms with E-state index in [1.54, 1.807) is 13.0 Å². The number of carbonyl (C=O) groups is 1. The van der Waals surface area contributed by atoms with Gasteiger partial charge >= 0.3 is 6.18 Å². The first kappa shape index (κ1) is 15.1. The Balaban J connectivity index is 1.94. The predicted molar refractivity (Wildman–Crippen MR) is 68.7 cm³/mol. The molecular formula is C14H13F3N2O2. The highest BCUT2D eigenvalue weighted by Gasteiger charge is 2.30. The second kappa shape index (κ2) is 5.99. The molecule has 0 bridgehead atoms. The first-order valence-corrected chi connectivity index (χ1v) is 6.24. The van der Waals surface area contributed by atoms with Crippen LogP contribution in [0.25, 0.3) is 0 Å². The van der Waals surface area contributed by atoms with Crippen LogP contribution in [0, 0.1) is 6.92 Å². The maximum atomic E-state index is 12.6. The SMILES string of the molecule is Cc1cc(CCNC(=O)c2cccc(C(F)(F)F)c2)on1. The number of nitrogens with zero attached hydrogens (tertiary/aromatic N) is 1. The molecule has 0 atom stereocenters. The summed E-state index contributed by atoms with van der Waals surface area (Å²) in [4.78, 5) is 11.8. The molecular weight excluding hydrogens is 285 g/mol. The highest BCUT2D eigenvalue weighted by atomic mass is 19.4. The van der Waals surface area contributed by atoms with Crippen LogP contribution in [-0.4, -0.2) is 17.6 Å². The van der Waals surface area contributed by atoms with Crippen LogP contribution in [0.3, 0.4) is 0 Å². The molecule has 7 heteroatoms. The van der Waals surface area contributed by atoms with Crippen molar-refractivity contribution in [2.24, 2.45) is 0 Å². The molecule has 1 amide bonds. The third kappa shape index (κ3) is 4.08. The van der Waals surface area contributed by atoms with E-state index in [-0.39, 0.29) is 12.1 Å². The van der Waals surface area contributed by atoms with Crippen LogP contribution in [0.4, 0.5) is 13.2 Å². The van der Waals surface area contributed by atoms with Crippen LogP contribution < -0.4 is 5.32 Å². The number of hydrogen-bond donors (Lipinski definition) is 1. The second-order valence-electron chi connectivity index (χ2n) is 4.52. The average molecular weight is 298 g/mol. The highest BCUT2D eigenvalue weighted by molar-refractivity contribution is 5.94. The molecule has 0 saturated heterocycles. The Labute approximate surface area is 118 Å². The zero-order valence-electron chi connectivity index (χ0n) is 11.2. The summed E-state index contributed by atoms with van der Waals surface area (Å²) in [6, 6.07) is 6.03. The van der Waals surface area contributed by atoms with Gasteiger partial charge in [0.15, 0.2) is 0 Å². The Morgan fingerprint density at radius 3 is 2.71 bits per heavy atom. The number of amides is 1.